The van der Waals surface area contributed by atoms with Crippen molar-refractivity contribution in [2.75, 3.05) is 18.4 Å². The number of carbonyl (C=O) groups excluding carboxylic acids is 2. The van der Waals surface area contributed by atoms with E-state index in [2.05, 4.69) is 5.32 Å². The maximum absolute atomic E-state index is 12.9. The molecule has 33 heavy (non-hydrogen) atoms. The number of aryl methyl sites for hydroxylation is 2. The zero-order valence-corrected chi connectivity index (χ0v) is 19.0. The number of benzene rings is 3. The summed E-state index contributed by atoms with van der Waals surface area (Å²) in [5.74, 6) is 1.37. The SMILES string of the molecule is Cc1ccc(Oc2ccccc2NC(=O)C2CCN(C(=O)CCc3ccccc3)CC2)cc1. The number of likely N-dealkylation sites (tertiary alicyclic amines) is 1. The minimum atomic E-state index is -0.115. The van der Waals surface area contributed by atoms with Crippen molar-refractivity contribution < 1.29 is 14.3 Å². The molecule has 0 aliphatic carbocycles. The molecule has 1 heterocycles. The largest absolute Gasteiger partial charge is 0.455 e. The molecule has 4 rings (SSSR count). The van der Waals surface area contributed by atoms with Crippen molar-refractivity contribution in [2.45, 2.75) is 32.6 Å². The van der Waals surface area contributed by atoms with Crippen molar-refractivity contribution in [2.24, 2.45) is 5.92 Å². The highest BCUT2D eigenvalue weighted by molar-refractivity contribution is 5.94. The lowest BCUT2D eigenvalue weighted by atomic mass is 9.95. The van der Waals surface area contributed by atoms with Gasteiger partial charge in [-0.2, -0.15) is 0 Å². The molecule has 3 aromatic rings. The van der Waals surface area contributed by atoms with Gasteiger partial charge >= 0.3 is 0 Å². The number of ether oxygens (including phenoxy) is 1. The molecule has 0 radical (unpaired) electrons. The molecule has 2 amide bonds. The van der Waals surface area contributed by atoms with E-state index in [1.165, 1.54) is 5.56 Å². The lowest BCUT2D eigenvalue weighted by Gasteiger charge is -2.31. The number of anilines is 1. The number of rotatable bonds is 7. The lowest BCUT2D eigenvalue weighted by Crippen LogP contribution is -2.41. The van der Waals surface area contributed by atoms with Crippen LogP contribution in [0, 0.1) is 12.8 Å². The van der Waals surface area contributed by atoms with Crippen LogP contribution < -0.4 is 10.1 Å². The van der Waals surface area contributed by atoms with Crippen LogP contribution in [-0.2, 0) is 16.0 Å². The van der Waals surface area contributed by atoms with Gasteiger partial charge in [0.2, 0.25) is 11.8 Å². The highest BCUT2D eigenvalue weighted by Crippen LogP contribution is 2.30. The van der Waals surface area contributed by atoms with E-state index in [0.29, 0.717) is 43.8 Å². The molecule has 0 aromatic heterocycles. The van der Waals surface area contributed by atoms with Crippen molar-refractivity contribution >= 4 is 17.5 Å². The first-order valence-corrected chi connectivity index (χ1v) is 11.5. The third-order valence-corrected chi connectivity index (χ3v) is 6.08. The number of nitrogens with one attached hydrogen (secondary N) is 1. The maximum Gasteiger partial charge on any atom is 0.227 e. The highest BCUT2D eigenvalue weighted by Gasteiger charge is 2.27. The molecular weight excluding hydrogens is 412 g/mol. The molecule has 1 N–H and O–H groups in total. The predicted molar refractivity (Wildman–Crippen MR) is 130 cm³/mol. The first-order chi connectivity index (χ1) is 16.1. The molecule has 0 atom stereocenters. The number of carbonyl (C=O) groups is 2. The molecule has 3 aromatic carbocycles. The van der Waals surface area contributed by atoms with Gasteiger partial charge in [0.05, 0.1) is 5.69 Å². The number of para-hydroxylation sites is 2. The maximum atomic E-state index is 12.9. The third-order valence-electron chi connectivity index (χ3n) is 6.08. The molecule has 0 unspecified atom stereocenters. The quantitative estimate of drug-likeness (QED) is 0.518. The van der Waals surface area contributed by atoms with E-state index in [-0.39, 0.29) is 17.7 Å². The van der Waals surface area contributed by atoms with Gasteiger partial charge < -0.3 is 15.0 Å². The van der Waals surface area contributed by atoms with Gasteiger partial charge in [0.25, 0.3) is 0 Å². The Bertz CT molecular complexity index is 1070. The van der Waals surface area contributed by atoms with E-state index in [9.17, 15) is 9.59 Å². The Balaban J connectivity index is 1.29. The Labute approximate surface area is 195 Å². The zero-order chi connectivity index (χ0) is 23.0. The standard InChI is InChI=1S/C28H30N2O3/c1-21-11-14-24(15-12-21)33-26-10-6-5-9-25(26)29-28(32)23-17-19-30(20-18-23)27(31)16-13-22-7-3-2-4-8-22/h2-12,14-15,23H,13,16-20H2,1H3,(H,29,32). The summed E-state index contributed by atoms with van der Waals surface area (Å²) < 4.78 is 6.00. The van der Waals surface area contributed by atoms with Gasteiger partial charge in [-0.3, -0.25) is 9.59 Å². The van der Waals surface area contributed by atoms with Crippen LogP contribution in [0.2, 0.25) is 0 Å². The van der Waals surface area contributed by atoms with Gasteiger partial charge in [-0.15, -0.1) is 0 Å². The topological polar surface area (TPSA) is 58.6 Å². The Morgan fingerprint density at radius 2 is 1.58 bits per heavy atom. The van der Waals surface area contributed by atoms with E-state index in [1.54, 1.807) is 0 Å². The average Bonchev–Trinajstić information content (AvgIpc) is 2.86. The van der Waals surface area contributed by atoms with Crippen LogP contribution in [0.1, 0.15) is 30.4 Å². The van der Waals surface area contributed by atoms with Gasteiger partial charge in [0.1, 0.15) is 5.75 Å². The summed E-state index contributed by atoms with van der Waals surface area (Å²) in [4.78, 5) is 27.4. The number of amides is 2. The van der Waals surface area contributed by atoms with Crippen molar-refractivity contribution in [3.8, 4) is 11.5 Å². The minimum Gasteiger partial charge on any atom is -0.455 e. The lowest BCUT2D eigenvalue weighted by molar-refractivity contribution is -0.134. The van der Waals surface area contributed by atoms with Crippen LogP contribution in [0.15, 0.2) is 78.9 Å². The average molecular weight is 443 g/mol. The van der Waals surface area contributed by atoms with Gasteiger partial charge in [-0.05, 0) is 56.0 Å². The summed E-state index contributed by atoms with van der Waals surface area (Å²) in [5.41, 5.74) is 2.99. The molecule has 170 valence electrons. The molecule has 0 bridgehead atoms. The van der Waals surface area contributed by atoms with E-state index in [0.717, 1.165) is 17.7 Å². The third kappa shape index (κ3) is 6.22. The van der Waals surface area contributed by atoms with E-state index in [1.807, 2.05) is 90.7 Å². The van der Waals surface area contributed by atoms with Crippen molar-refractivity contribution in [3.63, 3.8) is 0 Å². The molecule has 1 aliphatic heterocycles. The van der Waals surface area contributed by atoms with Crippen LogP contribution in [0.5, 0.6) is 11.5 Å². The van der Waals surface area contributed by atoms with E-state index < -0.39 is 0 Å². The van der Waals surface area contributed by atoms with Gasteiger partial charge in [0, 0.05) is 25.4 Å². The summed E-state index contributed by atoms with van der Waals surface area (Å²) in [5, 5.41) is 3.04. The fourth-order valence-corrected chi connectivity index (χ4v) is 4.07. The van der Waals surface area contributed by atoms with Gasteiger partial charge in [0.15, 0.2) is 5.75 Å². The summed E-state index contributed by atoms with van der Waals surface area (Å²) in [6.07, 6.45) is 2.59. The Hall–Kier alpha value is -3.60. The number of piperidine rings is 1. The number of hydrogen-bond donors (Lipinski definition) is 1. The second-order valence-corrected chi connectivity index (χ2v) is 8.54. The van der Waals surface area contributed by atoms with E-state index >= 15 is 0 Å². The molecular formula is C28H30N2O3. The highest BCUT2D eigenvalue weighted by atomic mass is 16.5. The second-order valence-electron chi connectivity index (χ2n) is 8.54. The molecule has 0 spiro atoms. The predicted octanol–water partition coefficient (Wildman–Crippen LogP) is 5.60. The molecule has 1 saturated heterocycles. The molecule has 5 nitrogen and oxygen atoms in total. The second kappa shape index (κ2) is 10.8. The van der Waals surface area contributed by atoms with E-state index in [4.69, 9.17) is 4.74 Å². The zero-order valence-electron chi connectivity index (χ0n) is 19.0. The molecule has 1 aliphatic rings. The van der Waals surface area contributed by atoms with Gasteiger partial charge in [-0.1, -0.05) is 60.2 Å². The smallest absolute Gasteiger partial charge is 0.227 e. The minimum absolute atomic E-state index is 0.0219. The van der Waals surface area contributed by atoms with Crippen LogP contribution in [0.4, 0.5) is 5.69 Å². The van der Waals surface area contributed by atoms with Crippen molar-refractivity contribution in [1.82, 2.24) is 4.90 Å². The molecule has 0 saturated carbocycles. The first-order valence-electron chi connectivity index (χ1n) is 11.5. The molecule has 1 fully saturated rings. The summed E-state index contributed by atoms with van der Waals surface area (Å²) >= 11 is 0. The van der Waals surface area contributed by atoms with Crippen LogP contribution >= 0.6 is 0 Å². The Morgan fingerprint density at radius 1 is 0.909 bits per heavy atom. The normalized spacial score (nSPS) is 14.0. The van der Waals surface area contributed by atoms with Crippen LogP contribution in [-0.4, -0.2) is 29.8 Å². The number of hydrogen-bond acceptors (Lipinski definition) is 3. The van der Waals surface area contributed by atoms with Crippen molar-refractivity contribution in [1.29, 1.82) is 0 Å². The van der Waals surface area contributed by atoms with Gasteiger partial charge in [-0.25, -0.2) is 0 Å². The summed E-state index contributed by atoms with van der Waals surface area (Å²) in [7, 11) is 0. The summed E-state index contributed by atoms with van der Waals surface area (Å²) in [6.45, 7) is 3.26. The fraction of sp³-hybridized carbons (Fsp3) is 0.286. The summed E-state index contributed by atoms with van der Waals surface area (Å²) in [6, 6.07) is 25.3. The van der Waals surface area contributed by atoms with Crippen LogP contribution in [0.25, 0.3) is 0 Å². The fourth-order valence-electron chi connectivity index (χ4n) is 4.07. The van der Waals surface area contributed by atoms with Crippen molar-refractivity contribution in [3.05, 3.63) is 90.0 Å². The Morgan fingerprint density at radius 3 is 2.30 bits per heavy atom. The van der Waals surface area contributed by atoms with Crippen LogP contribution in [0.3, 0.4) is 0 Å². The number of nitrogens with zero attached hydrogens (tertiary/aromatic N) is 1. The Kier molecular flexibility index (Phi) is 7.40. The monoisotopic (exact) mass is 442 g/mol. The molecule has 5 heteroatoms. The first kappa shape index (κ1) is 22.6.